The zero-order chi connectivity index (χ0) is 17.3. The van der Waals surface area contributed by atoms with Gasteiger partial charge in [-0.3, -0.25) is 4.79 Å². The fraction of sp³-hybridized carbons (Fsp3) is 0.0556. The molecule has 120 valence electrons. The molecule has 6 heteroatoms. The number of benzene rings is 2. The van der Waals surface area contributed by atoms with Crippen LogP contribution < -0.4 is 10.9 Å². The minimum atomic E-state index is -1.05. The number of hydrogen-bond acceptors (Lipinski definition) is 4. The third-order valence-electron chi connectivity index (χ3n) is 3.60. The Labute approximate surface area is 136 Å². The number of carbonyl (C=O) groups is 2. The van der Waals surface area contributed by atoms with Crippen molar-refractivity contribution in [2.45, 2.75) is 6.92 Å². The lowest BCUT2D eigenvalue weighted by Gasteiger charge is -2.07. The van der Waals surface area contributed by atoms with E-state index in [0.29, 0.717) is 16.8 Å². The van der Waals surface area contributed by atoms with Crippen molar-refractivity contribution >= 4 is 28.5 Å². The van der Waals surface area contributed by atoms with Gasteiger partial charge in [-0.25, -0.2) is 9.59 Å². The summed E-state index contributed by atoms with van der Waals surface area (Å²) in [5, 5.41) is 12.3. The molecule has 0 atom stereocenters. The van der Waals surface area contributed by atoms with Crippen LogP contribution in [0.2, 0.25) is 0 Å². The predicted molar refractivity (Wildman–Crippen MR) is 88.6 cm³/mol. The zero-order valence-corrected chi connectivity index (χ0v) is 12.7. The lowest BCUT2D eigenvalue weighted by atomic mass is 10.1. The van der Waals surface area contributed by atoms with E-state index in [1.54, 1.807) is 18.2 Å². The third kappa shape index (κ3) is 3.03. The molecule has 24 heavy (non-hydrogen) atoms. The molecule has 1 heterocycles. The van der Waals surface area contributed by atoms with E-state index in [2.05, 4.69) is 5.32 Å². The monoisotopic (exact) mass is 323 g/mol. The fourth-order valence-electron chi connectivity index (χ4n) is 2.37. The van der Waals surface area contributed by atoms with Crippen molar-refractivity contribution in [1.82, 2.24) is 0 Å². The molecule has 0 radical (unpaired) electrons. The number of carbonyl (C=O) groups excluding carboxylic acids is 1. The van der Waals surface area contributed by atoms with Crippen LogP contribution >= 0.6 is 0 Å². The van der Waals surface area contributed by atoms with Crippen LogP contribution in [-0.2, 0) is 0 Å². The SMILES string of the molecule is Cc1cc(=O)oc2cc(NC(=O)c3ccc(C(=O)O)cc3)ccc12. The highest BCUT2D eigenvalue weighted by Gasteiger charge is 2.10. The smallest absolute Gasteiger partial charge is 0.336 e. The summed E-state index contributed by atoms with van der Waals surface area (Å²) in [5.41, 5.74) is 1.64. The van der Waals surface area contributed by atoms with Gasteiger partial charge in [-0.1, -0.05) is 0 Å². The number of nitrogens with one attached hydrogen (secondary N) is 1. The highest BCUT2D eigenvalue weighted by Crippen LogP contribution is 2.21. The minimum absolute atomic E-state index is 0.106. The summed E-state index contributed by atoms with van der Waals surface area (Å²) in [6.07, 6.45) is 0. The van der Waals surface area contributed by atoms with Crippen molar-refractivity contribution in [3.8, 4) is 0 Å². The molecular formula is C18H13NO5. The Morgan fingerprint density at radius 2 is 1.67 bits per heavy atom. The maximum atomic E-state index is 12.2. The topological polar surface area (TPSA) is 96.6 Å². The molecule has 0 unspecified atom stereocenters. The molecule has 0 aliphatic carbocycles. The summed E-state index contributed by atoms with van der Waals surface area (Å²) in [6.45, 7) is 1.81. The average Bonchev–Trinajstić information content (AvgIpc) is 2.54. The minimum Gasteiger partial charge on any atom is -0.478 e. The first-order valence-corrected chi connectivity index (χ1v) is 7.13. The highest BCUT2D eigenvalue weighted by atomic mass is 16.4. The number of aryl methyl sites for hydroxylation is 1. The van der Waals surface area contributed by atoms with Gasteiger partial charge in [0.15, 0.2) is 0 Å². The molecule has 3 rings (SSSR count). The Hall–Kier alpha value is -3.41. The van der Waals surface area contributed by atoms with Gasteiger partial charge in [-0.15, -0.1) is 0 Å². The largest absolute Gasteiger partial charge is 0.478 e. The Balaban J connectivity index is 1.87. The standard InChI is InChI=1S/C18H13NO5/c1-10-8-16(20)24-15-9-13(6-7-14(10)15)19-17(21)11-2-4-12(5-3-11)18(22)23/h2-9H,1H3,(H,19,21)(H,22,23). The normalized spacial score (nSPS) is 10.5. The molecular weight excluding hydrogens is 310 g/mol. The summed E-state index contributed by atoms with van der Waals surface area (Å²) in [6, 6.07) is 12.0. The van der Waals surface area contributed by atoms with E-state index in [-0.39, 0.29) is 11.5 Å². The summed E-state index contributed by atoms with van der Waals surface area (Å²) in [5.74, 6) is -1.44. The summed E-state index contributed by atoms with van der Waals surface area (Å²) >= 11 is 0. The van der Waals surface area contributed by atoms with Crippen LogP contribution in [0.1, 0.15) is 26.3 Å². The second kappa shape index (κ2) is 6.00. The molecule has 0 saturated heterocycles. The van der Waals surface area contributed by atoms with Crippen LogP contribution in [0.4, 0.5) is 5.69 Å². The lowest BCUT2D eigenvalue weighted by molar-refractivity contribution is 0.0696. The number of anilines is 1. The number of amides is 1. The van der Waals surface area contributed by atoms with Gasteiger partial charge in [0.05, 0.1) is 5.56 Å². The number of carboxylic acid groups (broad SMARTS) is 1. The van der Waals surface area contributed by atoms with Crippen LogP contribution in [-0.4, -0.2) is 17.0 Å². The van der Waals surface area contributed by atoms with Gasteiger partial charge in [-0.2, -0.15) is 0 Å². The van der Waals surface area contributed by atoms with Crippen LogP contribution in [0.5, 0.6) is 0 Å². The number of rotatable bonds is 3. The maximum absolute atomic E-state index is 12.2. The number of carboxylic acids is 1. The quantitative estimate of drug-likeness (QED) is 0.722. The van der Waals surface area contributed by atoms with Gasteiger partial charge in [-0.05, 0) is 48.9 Å². The van der Waals surface area contributed by atoms with Crippen molar-refractivity contribution in [3.63, 3.8) is 0 Å². The van der Waals surface area contributed by atoms with Gasteiger partial charge in [0.25, 0.3) is 5.91 Å². The first kappa shape index (κ1) is 15.5. The molecule has 2 N–H and O–H groups in total. The number of fused-ring (bicyclic) bond motifs is 1. The summed E-state index contributed by atoms with van der Waals surface area (Å²) < 4.78 is 5.14. The van der Waals surface area contributed by atoms with Crippen LogP contribution in [0, 0.1) is 6.92 Å². The maximum Gasteiger partial charge on any atom is 0.336 e. The Bertz CT molecular complexity index is 1000. The first-order valence-electron chi connectivity index (χ1n) is 7.13. The van der Waals surface area contributed by atoms with E-state index in [0.717, 1.165) is 10.9 Å². The molecule has 1 amide bonds. The summed E-state index contributed by atoms with van der Waals surface area (Å²) in [7, 11) is 0. The lowest BCUT2D eigenvalue weighted by Crippen LogP contribution is -2.12. The van der Waals surface area contributed by atoms with Crippen molar-refractivity contribution in [2.75, 3.05) is 5.32 Å². The second-order valence-corrected chi connectivity index (χ2v) is 5.30. The predicted octanol–water partition coefficient (Wildman–Crippen LogP) is 3.05. The molecule has 0 aliphatic rings. The molecule has 1 aromatic heterocycles. The molecule has 0 spiro atoms. The number of hydrogen-bond donors (Lipinski definition) is 2. The van der Waals surface area contributed by atoms with Gasteiger partial charge in [0.1, 0.15) is 5.58 Å². The summed E-state index contributed by atoms with van der Waals surface area (Å²) in [4.78, 5) is 34.5. The van der Waals surface area contributed by atoms with Crippen LogP contribution in [0.3, 0.4) is 0 Å². The fourth-order valence-corrected chi connectivity index (χ4v) is 2.37. The molecule has 0 bridgehead atoms. The van der Waals surface area contributed by atoms with Crippen molar-refractivity contribution in [1.29, 1.82) is 0 Å². The van der Waals surface area contributed by atoms with E-state index in [9.17, 15) is 14.4 Å². The van der Waals surface area contributed by atoms with E-state index in [1.165, 1.54) is 30.3 Å². The van der Waals surface area contributed by atoms with Gasteiger partial charge >= 0.3 is 11.6 Å². The Morgan fingerprint density at radius 3 is 2.33 bits per heavy atom. The number of aromatic carboxylic acids is 1. The molecule has 3 aromatic rings. The van der Waals surface area contributed by atoms with E-state index in [4.69, 9.17) is 9.52 Å². The second-order valence-electron chi connectivity index (χ2n) is 5.30. The average molecular weight is 323 g/mol. The molecule has 0 fully saturated rings. The van der Waals surface area contributed by atoms with Crippen LogP contribution in [0.15, 0.2) is 57.7 Å². The molecule has 0 saturated carbocycles. The highest BCUT2D eigenvalue weighted by molar-refractivity contribution is 6.05. The third-order valence-corrected chi connectivity index (χ3v) is 3.60. The van der Waals surface area contributed by atoms with Crippen molar-refractivity contribution in [3.05, 3.63) is 75.6 Å². The van der Waals surface area contributed by atoms with E-state index < -0.39 is 11.6 Å². The zero-order valence-electron chi connectivity index (χ0n) is 12.7. The molecule has 2 aromatic carbocycles. The molecule has 6 nitrogen and oxygen atoms in total. The Morgan fingerprint density at radius 1 is 1.00 bits per heavy atom. The first-order chi connectivity index (χ1) is 11.4. The Kier molecular flexibility index (Phi) is 3.87. The van der Waals surface area contributed by atoms with E-state index >= 15 is 0 Å². The van der Waals surface area contributed by atoms with Gasteiger partial charge < -0.3 is 14.8 Å². The van der Waals surface area contributed by atoms with Gasteiger partial charge in [0, 0.05) is 28.8 Å². The van der Waals surface area contributed by atoms with Crippen LogP contribution in [0.25, 0.3) is 11.0 Å². The van der Waals surface area contributed by atoms with Crippen molar-refractivity contribution < 1.29 is 19.1 Å². The van der Waals surface area contributed by atoms with Gasteiger partial charge in [0.2, 0.25) is 0 Å². The van der Waals surface area contributed by atoms with Crippen molar-refractivity contribution in [2.24, 2.45) is 0 Å². The van der Waals surface area contributed by atoms with E-state index in [1.807, 2.05) is 6.92 Å². The molecule has 0 aliphatic heterocycles.